The van der Waals surface area contributed by atoms with E-state index in [1.165, 1.54) is 6.07 Å². The van der Waals surface area contributed by atoms with Gasteiger partial charge in [-0.25, -0.2) is 4.39 Å². The Kier molecular flexibility index (Phi) is 2.11. The number of fused-ring (bicyclic) bond motifs is 1. The van der Waals surface area contributed by atoms with E-state index in [4.69, 9.17) is 10.5 Å². The predicted molar refractivity (Wildman–Crippen MR) is 48.3 cm³/mol. The summed E-state index contributed by atoms with van der Waals surface area (Å²) in [6, 6.07) is 4.76. The van der Waals surface area contributed by atoms with E-state index in [1.54, 1.807) is 12.1 Å². The Morgan fingerprint density at radius 1 is 1.64 bits per heavy atom. The molecule has 74 valence electrons. The lowest BCUT2D eigenvalue weighted by Gasteiger charge is -2.07. The van der Waals surface area contributed by atoms with Crippen LogP contribution in [0.4, 0.5) is 4.39 Å². The number of hydrogen-bond acceptors (Lipinski definition) is 2. The Morgan fingerprint density at radius 3 is 3.07 bits per heavy atom. The molecule has 1 aromatic carbocycles. The molecule has 0 radical (unpaired) electrons. The lowest BCUT2D eigenvalue weighted by Crippen LogP contribution is -2.23. The molecule has 2 rings (SSSR count). The highest BCUT2D eigenvalue weighted by Gasteiger charge is 2.26. The highest BCUT2D eigenvalue weighted by Crippen LogP contribution is 2.32. The van der Waals surface area contributed by atoms with Crippen LogP contribution in [0.15, 0.2) is 18.2 Å². The van der Waals surface area contributed by atoms with Gasteiger partial charge in [0.15, 0.2) is 11.6 Å². The molecule has 1 aliphatic rings. The molecule has 1 heterocycles. The number of hydrogen-bond donors (Lipinski definition) is 1. The van der Waals surface area contributed by atoms with E-state index >= 15 is 0 Å². The zero-order chi connectivity index (χ0) is 10.1. The fourth-order valence-corrected chi connectivity index (χ4v) is 1.64. The van der Waals surface area contributed by atoms with Gasteiger partial charge in [-0.05, 0) is 6.07 Å². The number of rotatable bonds is 2. The Morgan fingerprint density at radius 2 is 2.43 bits per heavy atom. The number of carbonyl (C=O) groups excluding carboxylic acids is 1. The Hall–Kier alpha value is -1.58. The van der Waals surface area contributed by atoms with E-state index in [0.29, 0.717) is 6.42 Å². The molecule has 1 amide bonds. The van der Waals surface area contributed by atoms with Gasteiger partial charge in [-0.15, -0.1) is 0 Å². The van der Waals surface area contributed by atoms with Crippen LogP contribution in [-0.4, -0.2) is 12.0 Å². The Balaban J connectivity index is 2.18. The van der Waals surface area contributed by atoms with E-state index in [1.807, 2.05) is 0 Å². The zero-order valence-corrected chi connectivity index (χ0v) is 7.50. The van der Waals surface area contributed by atoms with Gasteiger partial charge in [0, 0.05) is 12.0 Å². The van der Waals surface area contributed by atoms with Gasteiger partial charge in [-0.3, -0.25) is 4.79 Å². The molecule has 0 saturated heterocycles. The number of carbonyl (C=O) groups is 1. The van der Waals surface area contributed by atoms with E-state index in [-0.39, 0.29) is 24.1 Å². The molecule has 3 nitrogen and oxygen atoms in total. The average molecular weight is 195 g/mol. The summed E-state index contributed by atoms with van der Waals surface area (Å²) in [6.07, 6.45) is 0.379. The summed E-state index contributed by atoms with van der Waals surface area (Å²) < 4.78 is 18.4. The number of ether oxygens (including phenoxy) is 1. The number of nitrogens with two attached hydrogens (primary N) is 1. The van der Waals surface area contributed by atoms with Gasteiger partial charge in [0.25, 0.3) is 0 Å². The normalized spacial score (nSPS) is 18.8. The largest absolute Gasteiger partial charge is 0.486 e. The van der Waals surface area contributed by atoms with Crippen molar-refractivity contribution in [3.8, 4) is 5.75 Å². The molecule has 0 saturated carbocycles. The molecule has 1 aliphatic heterocycles. The van der Waals surface area contributed by atoms with Crippen molar-refractivity contribution in [3.05, 3.63) is 29.6 Å². The van der Waals surface area contributed by atoms with Crippen molar-refractivity contribution < 1.29 is 13.9 Å². The minimum absolute atomic E-state index is 0.133. The van der Waals surface area contributed by atoms with Gasteiger partial charge in [0.2, 0.25) is 5.91 Å². The Bertz CT molecular complexity index is 378. The molecule has 0 fully saturated rings. The van der Waals surface area contributed by atoms with Crippen molar-refractivity contribution in [2.45, 2.75) is 18.9 Å². The third kappa shape index (κ3) is 1.55. The predicted octanol–water partition coefficient (Wildman–Crippen LogP) is 1.00. The van der Waals surface area contributed by atoms with Crippen LogP contribution < -0.4 is 10.5 Å². The van der Waals surface area contributed by atoms with Crippen molar-refractivity contribution in [2.24, 2.45) is 5.73 Å². The minimum Gasteiger partial charge on any atom is -0.486 e. The summed E-state index contributed by atoms with van der Waals surface area (Å²) in [6.45, 7) is 0. The van der Waals surface area contributed by atoms with Crippen LogP contribution in [0, 0.1) is 5.82 Å². The third-order valence-corrected chi connectivity index (χ3v) is 2.21. The van der Waals surface area contributed by atoms with Crippen LogP contribution >= 0.6 is 0 Å². The first-order valence-electron chi connectivity index (χ1n) is 4.39. The van der Waals surface area contributed by atoms with Crippen LogP contribution in [0.5, 0.6) is 5.75 Å². The van der Waals surface area contributed by atoms with Crippen molar-refractivity contribution in [1.29, 1.82) is 0 Å². The second kappa shape index (κ2) is 3.29. The first-order chi connectivity index (χ1) is 6.66. The minimum atomic E-state index is -0.428. The van der Waals surface area contributed by atoms with Gasteiger partial charge < -0.3 is 10.5 Å². The highest BCUT2D eigenvalue weighted by molar-refractivity contribution is 5.74. The molecule has 1 unspecified atom stereocenters. The molecule has 0 spiro atoms. The van der Waals surface area contributed by atoms with Gasteiger partial charge in [0.05, 0.1) is 6.42 Å². The van der Waals surface area contributed by atoms with Gasteiger partial charge >= 0.3 is 0 Å². The first kappa shape index (κ1) is 8.99. The molecule has 0 bridgehead atoms. The van der Waals surface area contributed by atoms with Gasteiger partial charge in [-0.2, -0.15) is 0 Å². The second-order valence-corrected chi connectivity index (χ2v) is 3.34. The number of halogens is 1. The van der Waals surface area contributed by atoms with Crippen molar-refractivity contribution in [2.75, 3.05) is 0 Å². The number of para-hydroxylation sites is 1. The summed E-state index contributed by atoms with van der Waals surface area (Å²) >= 11 is 0. The second-order valence-electron chi connectivity index (χ2n) is 3.34. The van der Waals surface area contributed by atoms with Crippen molar-refractivity contribution >= 4 is 5.91 Å². The number of amides is 1. The fourth-order valence-electron chi connectivity index (χ4n) is 1.64. The van der Waals surface area contributed by atoms with E-state index in [2.05, 4.69) is 0 Å². The molecule has 0 aliphatic carbocycles. The summed E-state index contributed by atoms with van der Waals surface area (Å²) in [5.74, 6) is -0.545. The Labute approximate surface area is 80.7 Å². The summed E-state index contributed by atoms with van der Waals surface area (Å²) in [5, 5.41) is 0. The maximum Gasteiger partial charge on any atom is 0.221 e. The maximum absolute atomic E-state index is 13.2. The molecular weight excluding hydrogens is 185 g/mol. The number of primary amides is 1. The molecule has 1 atom stereocenters. The molecule has 1 aromatic rings. The van der Waals surface area contributed by atoms with Crippen molar-refractivity contribution in [3.63, 3.8) is 0 Å². The lowest BCUT2D eigenvalue weighted by atomic mass is 10.1. The monoisotopic (exact) mass is 195 g/mol. The lowest BCUT2D eigenvalue weighted by molar-refractivity contribution is -0.119. The van der Waals surface area contributed by atoms with Crippen LogP contribution in [0.25, 0.3) is 0 Å². The average Bonchev–Trinajstić information content (AvgIpc) is 2.47. The standard InChI is InChI=1S/C10H10FNO2/c11-8-3-1-2-6-4-7(5-9(12)13)14-10(6)8/h1-3,7H,4-5H2,(H2,12,13). The summed E-state index contributed by atoms with van der Waals surface area (Å²) in [5.41, 5.74) is 5.83. The zero-order valence-electron chi connectivity index (χ0n) is 7.50. The van der Waals surface area contributed by atoms with Crippen molar-refractivity contribution in [1.82, 2.24) is 0 Å². The molecule has 0 aromatic heterocycles. The topological polar surface area (TPSA) is 52.3 Å². The SMILES string of the molecule is NC(=O)CC1Cc2cccc(F)c2O1. The van der Waals surface area contributed by atoms with Gasteiger partial charge in [-0.1, -0.05) is 12.1 Å². The molecule has 14 heavy (non-hydrogen) atoms. The smallest absolute Gasteiger partial charge is 0.221 e. The highest BCUT2D eigenvalue weighted by atomic mass is 19.1. The van der Waals surface area contributed by atoms with E-state index < -0.39 is 5.91 Å². The third-order valence-electron chi connectivity index (χ3n) is 2.21. The van der Waals surface area contributed by atoms with Crippen LogP contribution in [0.1, 0.15) is 12.0 Å². The first-order valence-corrected chi connectivity index (χ1v) is 4.39. The summed E-state index contributed by atoms with van der Waals surface area (Å²) in [4.78, 5) is 10.6. The van der Waals surface area contributed by atoms with E-state index in [0.717, 1.165) is 5.56 Å². The maximum atomic E-state index is 13.2. The molecule has 4 heteroatoms. The van der Waals surface area contributed by atoms with Crippen LogP contribution in [0.2, 0.25) is 0 Å². The van der Waals surface area contributed by atoms with E-state index in [9.17, 15) is 9.18 Å². The van der Waals surface area contributed by atoms with Crippen LogP contribution in [-0.2, 0) is 11.2 Å². The molecular formula is C10H10FNO2. The van der Waals surface area contributed by atoms with Gasteiger partial charge in [0.1, 0.15) is 6.10 Å². The van der Waals surface area contributed by atoms with Crippen LogP contribution in [0.3, 0.4) is 0 Å². The summed E-state index contributed by atoms with van der Waals surface area (Å²) in [7, 11) is 0. The molecule has 2 N–H and O–H groups in total. The quantitative estimate of drug-likeness (QED) is 0.765. The number of benzene rings is 1. The fraction of sp³-hybridized carbons (Fsp3) is 0.300.